The highest BCUT2D eigenvalue weighted by molar-refractivity contribution is 7.28. The summed E-state index contributed by atoms with van der Waals surface area (Å²) in [5.74, 6) is 0.481. The maximum Gasteiger partial charge on any atom is 0.143 e. The van der Waals surface area contributed by atoms with Crippen LogP contribution < -0.4 is 26.4 Å². The van der Waals surface area contributed by atoms with Crippen LogP contribution in [0.15, 0.2) is 0 Å². The van der Waals surface area contributed by atoms with Gasteiger partial charge in [0, 0.05) is 5.30 Å². The molecule has 1 atom stereocenters. The molecule has 0 bridgehead atoms. The molecule has 15 heavy (non-hydrogen) atoms. The van der Waals surface area contributed by atoms with Crippen molar-refractivity contribution in [1.82, 2.24) is 0 Å². The van der Waals surface area contributed by atoms with Crippen molar-refractivity contribution in [1.29, 1.82) is 0 Å². The van der Waals surface area contributed by atoms with E-state index in [1.165, 1.54) is 0 Å². The predicted molar refractivity (Wildman–Crippen MR) is 76.0 cm³/mol. The molecule has 1 unspecified atom stereocenters. The summed E-state index contributed by atoms with van der Waals surface area (Å²) in [7, 11) is 8.11. The lowest BCUT2D eigenvalue weighted by atomic mass is 9.71. The summed E-state index contributed by atoms with van der Waals surface area (Å²) < 4.78 is 19.4. The van der Waals surface area contributed by atoms with Crippen LogP contribution in [0, 0.1) is 5.82 Å². The van der Waals surface area contributed by atoms with Crippen molar-refractivity contribution in [3.63, 3.8) is 0 Å². The van der Waals surface area contributed by atoms with E-state index >= 15 is 0 Å². The number of hydrogen-bond donors (Lipinski definition) is 0. The molecule has 0 spiro atoms. The first-order valence-corrected chi connectivity index (χ1v) is 5.65. The van der Waals surface area contributed by atoms with Crippen LogP contribution in [-0.2, 0) is 0 Å². The lowest BCUT2D eigenvalue weighted by Gasteiger charge is -2.19. The van der Waals surface area contributed by atoms with Gasteiger partial charge in [-0.25, -0.2) is 4.39 Å². The smallest absolute Gasteiger partial charge is 0.143 e. The van der Waals surface area contributed by atoms with Crippen LogP contribution in [0.5, 0.6) is 5.75 Å². The molecule has 0 amide bonds. The predicted octanol–water partition coefficient (Wildman–Crippen LogP) is -3.11. The Kier molecular flexibility index (Phi) is 3.89. The standard InChI is InChI=1S/C9H15B3FOP/c1-3(2)14-8-6(12)4(10)5(11)7(13)9(8)15/h3H,10-12,15H2,1-2H3. The zero-order valence-electron chi connectivity index (χ0n) is 9.94. The molecule has 0 N–H and O–H groups in total. The van der Waals surface area contributed by atoms with Crippen LogP contribution in [0.25, 0.3) is 0 Å². The van der Waals surface area contributed by atoms with Crippen LogP contribution in [-0.4, -0.2) is 29.6 Å². The number of hydrogen-bond acceptors (Lipinski definition) is 1. The Morgan fingerprint density at radius 2 is 1.67 bits per heavy atom. The fourth-order valence-corrected chi connectivity index (χ4v) is 2.01. The monoisotopic (exact) mass is 222 g/mol. The third-order valence-electron chi connectivity index (χ3n) is 2.63. The molecule has 0 aliphatic carbocycles. The Morgan fingerprint density at radius 3 is 2.13 bits per heavy atom. The largest absolute Gasteiger partial charge is 0.491 e. The molecule has 0 saturated heterocycles. The summed E-state index contributed by atoms with van der Waals surface area (Å²) in [4.78, 5) is 0. The van der Waals surface area contributed by atoms with Crippen molar-refractivity contribution >= 4 is 54.5 Å². The maximum atomic E-state index is 13.8. The van der Waals surface area contributed by atoms with E-state index in [0.29, 0.717) is 16.5 Å². The molecule has 0 fully saturated rings. The van der Waals surface area contributed by atoms with Crippen molar-refractivity contribution in [3.05, 3.63) is 5.82 Å². The van der Waals surface area contributed by atoms with E-state index in [0.717, 1.165) is 10.9 Å². The van der Waals surface area contributed by atoms with E-state index in [9.17, 15) is 4.39 Å². The molecule has 0 aliphatic rings. The Hall–Kier alpha value is -0.425. The Morgan fingerprint density at radius 1 is 1.13 bits per heavy atom. The van der Waals surface area contributed by atoms with E-state index in [1.807, 2.05) is 29.5 Å². The van der Waals surface area contributed by atoms with Crippen molar-refractivity contribution in [2.24, 2.45) is 0 Å². The first kappa shape index (κ1) is 12.6. The number of ether oxygens (including phenoxy) is 1. The maximum absolute atomic E-state index is 13.8. The molecule has 1 rings (SSSR count). The van der Waals surface area contributed by atoms with Gasteiger partial charge in [0.05, 0.1) is 6.10 Å². The summed E-state index contributed by atoms with van der Waals surface area (Å²) in [6.07, 6.45) is 0.0597. The fourth-order valence-electron chi connectivity index (χ4n) is 1.51. The minimum Gasteiger partial charge on any atom is -0.491 e. The van der Waals surface area contributed by atoms with Crippen molar-refractivity contribution in [2.75, 3.05) is 0 Å². The number of halogens is 1. The SMILES string of the molecule is Bc1c(B)c(F)c(P)c(OC(C)C)c1B. The second-order valence-corrected chi connectivity index (χ2v) is 4.68. The third-order valence-corrected chi connectivity index (χ3v) is 3.15. The van der Waals surface area contributed by atoms with Gasteiger partial charge in [-0.05, 0) is 13.8 Å². The van der Waals surface area contributed by atoms with Gasteiger partial charge < -0.3 is 4.74 Å². The molecule has 78 valence electrons. The molecule has 0 aromatic heterocycles. The van der Waals surface area contributed by atoms with Gasteiger partial charge in [0.2, 0.25) is 0 Å². The van der Waals surface area contributed by atoms with Gasteiger partial charge in [-0.15, -0.1) is 0 Å². The first-order valence-electron chi connectivity index (χ1n) is 5.07. The van der Waals surface area contributed by atoms with E-state index in [4.69, 9.17) is 4.74 Å². The highest BCUT2D eigenvalue weighted by atomic mass is 31.0. The highest BCUT2D eigenvalue weighted by Crippen LogP contribution is 2.09. The molecule has 1 aromatic carbocycles. The fraction of sp³-hybridized carbons (Fsp3) is 0.333. The number of benzene rings is 1. The second kappa shape index (κ2) is 4.61. The Labute approximate surface area is 95.6 Å². The summed E-state index contributed by atoms with van der Waals surface area (Å²) in [5.41, 5.74) is 2.69. The van der Waals surface area contributed by atoms with Crippen LogP contribution in [0.4, 0.5) is 4.39 Å². The highest BCUT2D eigenvalue weighted by Gasteiger charge is 2.15. The van der Waals surface area contributed by atoms with Crippen LogP contribution in [0.3, 0.4) is 0 Å². The minimum absolute atomic E-state index is 0.0597. The molecule has 6 heteroatoms. The van der Waals surface area contributed by atoms with Gasteiger partial charge in [-0.1, -0.05) is 25.6 Å². The van der Waals surface area contributed by atoms with Crippen molar-refractivity contribution in [2.45, 2.75) is 20.0 Å². The molecule has 1 aromatic rings. The van der Waals surface area contributed by atoms with E-state index < -0.39 is 0 Å². The zero-order chi connectivity index (χ0) is 11.7. The molecule has 0 aliphatic heterocycles. The molecule has 0 radical (unpaired) electrons. The summed E-state index contributed by atoms with van der Waals surface area (Å²) in [6.45, 7) is 3.88. The Balaban J connectivity index is 3.39. The minimum atomic E-state index is -0.182. The topological polar surface area (TPSA) is 9.23 Å². The van der Waals surface area contributed by atoms with Gasteiger partial charge >= 0.3 is 0 Å². The van der Waals surface area contributed by atoms with Gasteiger partial charge in [-0.2, -0.15) is 0 Å². The Bertz CT molecular complexity index is 366. The zero-order valence-corrected chi connectivity index (χ0v) is 11.1. The average Bonchev–Trinajstić information content (AvgIpc) is 2.18. The summed E-state index contributed by atoms with van der Waals surface area (Å²) in [5, 5.41) is 0.532. The van der Waals surface area contributed by atoms with Gasteiger partial charge in [0.1, 0.15) is 35.1 Å². The lowest BCUT2D eigenvalue weighted by Crippen LogP contribution is -2.45. The van der Waals surface area contributed by atoms with Gasteiger partial charge in [-0.3, -0.25) is 0 Å². The average molecular weight is 222 g/mol. The normalized spacial score (nSPS) is 10.7. The second-order valence-electron chi connectivity index (χ2n) is 4.10. The van der Waals surface area contributed by atoms with E-state index in [-0.39, 0.29) is 11.9 Å². The van der Waals surface area contributed by atoms with Gasteiger partial charge in [0.15, 0.2) is 0 Å². The quantitative estimate of drug-likeness (QED) is 0.380. The van der Waals surface area contributed by atoms with E-state index in [2.05, 4.69) is 9.24 Å². The van der Waals surface area contributed by atoms with E-state index in [1.54, 1.807) is 7.85 Å². The van der Waals surface area contributed by atoms with Gasteiger partial charge in [0.25, 0.3) is 0 Å². The summed E-state index contributed by atoms with van der Waals surface area (Å²) >= 11 is 0. The number of rotatable bonds is 2. The molecular weight excluding hydrogens is 207 g/mol. The molecule has 1 nitrogen and oxygen atoms in total. The third kappa shape index (κ3) is 2.39. The van der Waals surface area contributed by atoms with Crippen LogP contribution in [0.1, 0.15) is 13.8 Å². The van der Waals surface area contributed by atoms with Crippen molar-refractivity contribution in [3.8, 4) is 5.75 Å². The molecular formula is C9H15B3FOP. The molecule has 0 saturated carbocycles. The van der Waals surface area contributed by atoms with Crippen molar-refractivity contribution < 1.29 is 9.13 Å². The van der Waals surface area contributed by atoms with Crippen LogP contribution >= 0.6 is 9.24 Å². The first-order chi connectivity index (χ1) is 6.86. The van der Waals surface area contributed by atoms with Crippen LogP contribution in [0.2, 0.25) is 0 Å². The lowest BCUT2D eigenvalue weighted by molar-refractivity contribution is 0.246. The molecule has 0 heterocycles. The summed E-state index contributed by atoms with van der Waals surface area (Å²) in [6, 6.07) is 0.